The Kier molecular flexibility index (Phi) is 3.70. The first kappa shape index (κ1) is 13.4. The lowest BCUT2D eigenvalue weighted by Crippen LogP contribution is -2.24. The van der Waals surface area contributed by atoms with E-state index in [1.54, 1.807) is 6.20 Å². The quantitative estimate of drug-likeness (QED) is 0.802. The van der Waals surface area contributed by atoms with Crippen LogP contribution < -0.4 is 10.7 Å². The van der Waals surface area contributed by atoms with Gasteiger partial charge in [-0.15, -0.1) is 0 Å². The van der Waals surface area contributed by atoms with E-state index in [1.807, 2.05) is 30.3 Å². The standard InChI is InChI=1S/C15H16N4O2/c20-15(21)17-8-11-4-3-5-12-9-19(10-13(11)12)18-14-6-1-2-7-16-14/h1-7,17H,8-10H2,(H,16,18)(H,20,21). The number of nitrogens with one attached hydrogen (secondary N) is 2. The van der Waals surface area contributed by atoms with Gasteiger partial charge in [0.25, 0.3) is 0 Å². The summed E-state index contributed by atoms with van der Waals surface area (Å²) in [5, 5.41) is 13.2. The molecule has 0 aliphatic carbocycles. The van der Waals surface area contributed by atoms with Gasteiger partial charge < -0.3 is 15.8 Å². The van der Waals surface area contributed by atoms with E-state index in [0.717, 1.165) is 24.5 Å². The SMILES string of the molecule is O=C(O)NCc1cccc2c1CN(Nc1ccccn1)C2. The predicted octanol–water partition coefficient (Wildman–Crippen LogP) is 2.19. The Hall–Kier alpha value is -2.60. The molecular formula is C15H16N4O2. The molecular weight excluding hydrogens is 268 g/mol. The van der Waals surface area contributed by atoms with Gasteiger partial charge in [0.2, 0.25) is 0 Å². The minimum Gasteiger partial charge on any atom is -0.465 e. The summed E-state index contributed by atoms with van der Waals surface area (Å²) in [6.07, 6.45) is 0.738. The molecule has 0 bridgehead atoms. The summed E-state index contributed by atoms with van der Waals surface area (Å²) in [5.74, 6) is 0.801. The van der Waals surface area contributed by atoms with E-state index < -0.39 is 6.09 Å². The van der Waals surface area contributed by atoms with Gasteiger partial charge in [0.15, 0.2) is 0 Å². The molecule has 1 amide bonds. The van der Waals surface area contributed by atoms with Gasteiger partial charge in [-0.05, 0) is 28.8 Å². The van der Waals surface area contributed by atoms with Gasteiger partial charge in [0, 0.05) is 25.8 Å². The van der Waals surface area contributed by atoms with Gasteiger partial charge in [-0.2, -0.15) is 0 Å². The number of amides is 1. The van der Waals surface area contributed by atoms with Crippen molar-refractivity contribution in [1.82, 2.24) is 15.3 Å². The molecule has 0 spiro atoms. The van der Waals surface area contributed by atoms with Crippen LogP contribution in [0, 0.1) is 0 Å². The molecule has 2 aromatic rings. The molecule has 0 unspecified atom stereocenters. The predicted molar refractivity (Wildman–Crippen MR) is 78.4 cm³/mol. The first-order valence-electron chi connectivity index (χ1n) is 6.71. The number of fused-ring (bicyclic) bond motifs is 1. The molecule has 1 aliphatic rings. The second-order valence-corrected chi connectivity index (χ2v) is 4.90. The zero-order valence-electron chi connectivity index (χ0n) is 11.4. The summed E-state index contributed by atoms with van der Waals surface area (Å²) >= 11 is 0. The second-order valence-electron chi connectivity index (χ2n) is 4.90. The maximum Gasteiger partial charge on any atom is 0.404 e. The number of hydrogen-bond donors (Lipinski definition) is 3. The van der Waals surface area contributed by atoms with Crippen LogP contribution in [-0.2, 0) is 19.6 Å². The average Bonchev–Trinajstić information content (AvgIpc) is 2.89. The molecule has 108 valence electrons. The lowest BCUT2D eigenvalue weighted by molar-refractivity contribution is 0.194. The van der Waals surface area contributed by atoms with Crippen molar-refractivity contribution in [2.75, 3.05) is 5.43 Å². The van der Waals surface area contributed by atoms with Crippen LogP contribution in [0.3, 0.4) is 0 Å². The third-order valence-corrected chi connectivity index (χ3v) is 3.45. The Balaban J connectivity index is 1.71. The first-order valence-corrected chi connectivity index (χ1v) is 6.71. The second kappa shape index (κ2) is 5.80. The molecule has 0 saturated heterocycles. The minimum absolute atomic E-state index is 0.329. The van der Waals surface area contributed by atoms with Crippen LogP contribution >= 0.6 is 0 Å². The highest BCUT2D eigenvalue weighted by atomic mass is 16.4. The molecule has 0 fully saturated rings. The van der Waals surface area contributed by atoms with E-state index in [4.69, 9.17) is 5.11 Å². The van der Waals surface area contributed by atoms with E-state index in [9.17, 15) is 4.79 Å². The Morgan fingerprint density at radius 3 is 2.90 bits per heavy atom. The molecule has 1 aromatic heterocycles. The number of rotatable bonds is 4. The van der Waals surface area contributed by atoms with Gasteiger partial charge >= 0.3 is 6.09 Å². The van der Waals surface area contributed by atoms with Crippen molar-refractivity contribution in [3.8, 4) is 0 Å². The lowest BCUT2D eigenvalue weighted by atomic mass is 10.0. The van der Waals surface area contributed by atoms with Crippen LogP contribution in [0.5, 0.6) is 0 Å². The van der Waals surface area contributed by atoms with Crippen LogP contribution in [0.4, 0.5) is 10.6 Å². The molecule has 6 heteroatoms. The van der Waals surface area contributed by atoms with Gasteiger partial charge in [-0.25, -0.2) is 14.8 Å². The highest BCUT2D eigenvalue weighted by Crippen LogP contribution is 2.26. The first-order chi connectivity index (χ1) is 10.2. The van der Waals surface area contributed by atoms with Gasteiger partial charge in [0.1, 0.15) is 5.82 Å². The number of hydrazine groups is 1. The van der Waals surface area contributed by atoms with Crippen molar-refractivity contribution < 1.29 is 9.90 Å². The van der Waals surface area contributed by atoms with E-state index in [-0.39, 0.29) is 0 Å². The number of aromatic nitrogens is 1. The number of pyridine rings is 1. The molecule has 3 rings (SSSR count). The normalized spacial score (nSPS) is 13.7. The zero-order chi connectivity index (χ0) is 14.7. The topological polar surface area (TPSA) is 77.5 Å². The fraction of sp³-hybridized carbons (Fsp3) is 0.200. The van der Waals surface area contributed by atoms with Crippen molar-refractivity contribution >= 4 is 11.9 Å². The summed E-state index contributed by atoms with van der Waals surface area (Å²) in [6.45, 7) is 1.83. The maximum absolute atomic E-state index is 10.6. The molecule has 21 heavy (non-hydrogen) atoms. The van der Waals surface area contributed by atoms with Crippen molar-refractivity contribution in [2.45, 2.75) is 19.6 Å². The minimum atomic E-state index is -1.01. The summed E-state index contributed by atoms with van der Waals surface area (Å²) in [7, 11) is 0. The molecule has 2 heterocycles. The number of benzene rings is 1. The molecule has 0 atom stereocenters. The van der Waals surface area contributed by atoms with Crippen molar-refractivity contribution in [3.63, 3.8) is 0 Å². The van der Waals surface area contributed by atoms with E-state index in [0.29, 0.717) is 6.54 Å². The number of hydrogen-bond acceptors (Lipinski definition) is 4. The molecule has 1 aliphatic heterocycles. The van der Waals surface area contributed by atoms with E-state index >= 15 is 0 Å². The number of carboxylic acid groups (broad SMARTS) is 1. The fourth-order valence-electron chi connectivity index (χ4n) is 2.50. The Labute approximate surface area is 122 Å². The number of anilines is 1. The van der Waals surface area contributed by atoms with E-state index in [2.05, 4.69) is 26.8 Å². The monoisotopic (exact) mass is 284 g/mol. The summed E-state index contributed by atoms with van der Waals surface area (Å²) in [6, 6.07) is 11.7. The van der Waals surface area contributed by atoms with Crippen LogP contribution in [0.25, 0.3) is 0 Å². The van der Waals surface area contributed by atoms with Crippen LogP contribution in [0.2, 0.25) is 0 Å². The molecule has 6 nitrogen and oxygen atoms in total. The van der Waals surface area contributed by atoms with Crippen LogP contribution in [0.1, 0.15) is 16.7 Å². The summed E-state index contributed by atoms with van der Waals surface area (Å²) in [4.78, 5) is 14.9. The highest BCUT2D eigenvalue weighted by molar-refractivity contribution is 5.64. The molecule has 0 radical (unpaired) electrons. The van der Waals surface area contributed by atoms with Gasteiger partial charge in [0.05, 0.1) is 0 Å². The van der Waals surface area contributed by atoms with Crippen molar-refractivity contribution in [1.29, 1.82) is 0 Å². The Morgan fingerprint density at radius 2 is 2.14 bits per heavy atom. The Bertz CT molecular complexity index is 645. The number of carbonyl (C=O) groups is 1. The summed E-state index contributed by atoms with van der Waals surface area (Å²) < 4.78 is 0. The third-order valence-electron chi connectivity index (χ3n) is 3.45. The van der Waals surface area contributed by atoms with Crippen LogP contribution in [-0.4, -0.2) is 21.2 Å². The number of nitrogens with zero attached hydrogens (tertiary/aromatic N) is 2. The lowest BCUT2D eigenvalue weighted by Gasteiger charge is -2.17. The highest BCUT2D eigenvalue weighted by Gasteiger charge is 2.21. The molecule has 3 N–H and O–H groups in total. The molecule has 0 saturated carbocycles. The third kappa shape index (κ3) is 3.11. The Morgan fingerprint density at radius 1 is 1.24 bits per heavy atom. The smallest absolute Gasteiger partial charge is 0.404 e. The maximum atomic E-state index is 10.6. The molecule has 1 aromatic carbocycles. The zero-order valence-corrected chi connectivity index (χ0v) is 11.4. The van der Waals surface area contributed by atoms with Gasteiger partial charge in [-0.1, -0.05) is 24.3 Å². The fourth-order valence-corrected chi connectivity index (χ4v) is 2.50. The van der Waals surface area contributed by atoms with Gasteiger partial charge in [-0.3, -0.25) is 0 Å². The van der Waals surface area contributed by atoms with Crippen LogP contribution in [0.15, 0.2) is 42.6 Å². The average molecular weight is 284 g/mol. The van der Waals surface area contributed by atoms with E-state index in [1.165, 1.54) is 11.1 Å². The van der Waals surface area contributed by atoms with Crippen molar-refractivity contribution in [2.24, 2.45) is 0 Å². The summed E-state index contributed by atoms with van der Waals surface area (Å²) in [5.41, 5.74) is 6.67. The largest absolute Gasteiger partial charge is 0.465 e. The van der Waals surface area contributed by atoms with Crippen molar-refractivity contribution in [3.05, 3.63) is 59.3 Å².